The molecule has 0 saturated heterocycles. The lowest BCUT2D eigenvalue weighted by Crippen LogP contribution is -2.35. The van der Waals surface area contributed by atoms with Gasteiger partial charge in [-0.2, -0.15) is 5.26 Å². The zero-order chi connectivity index (χ0) is 12.8. The van der Waals surface area contributed by atoms with Crippen LogP contribution in [0.3, 0.4) is 0 Å². The molecule has 0 heterocycles. The van der Waals surface area contributed by atoms with Gasteiger partial charge in [0.1, 0.15) is 12.4 Å². The SMILES string of the molecule is N#CCNC(=O)C(=O)Nc1ccc(F)c(Br)c1. The summed E-state index contributed by atoms with van der Waals surface area (Å²) in [5, 5.41) is 12.6. The molecule has 2 amide bonds. The highest BCUT2D eigenvalue weighted by Gasteiger charge is 2.13. The molecule has 0 bridgehead atoms. The molecule has 0 aliphatic heterocycles. The Labute approximate surface area is 105 Å². The minimum absolute atomic E-state index is 0.174. The van der Waals surface area contributed by atoms with E-state index in [2.05, 4.69) is 26.6 Å². The summed E-state index contributed by atoms with van der Waals surface area (Å²) in [6, 6.07) is 5.45. The third-order valence-corrected chi connectivity index (χ3v) is 2.32. The predicted molar refractivity (Wildman–Crippen MR) is 61.4 cm³/mol. The maximum atomic E-state index is 12.9. The van der Waals surface area contributed by atoms with Crippen molar-refractivity contribution < 1.29 is 14.0 Å². The number of nitrogens with one attached hydrogen (secondary N) is 2. The van der Waals surface area contributed by atoms with Crippen molar-refractivity contribution in [3.63, 3.8) is 0 Å². The van der Waals surface area contributed by atoms with E-state index in [1.54, 1.807) is 6.07 Å². The summed E-state index contributed by atoms with van der Waals surface area (Å²) in [7, 11) is 0. The third-order valence-electron chi connectivity index (χ3n) is 1.71. The lowest BCUT2D eigenvalue weighted by molar-refractivity contribution is -0.136. The highest BCUT2D eigenvalue weighted by atomic mass is 79.9. The second-order valence-corrected chi connectivity index (χ2v) is 3.78. The number of anilines is 1. The zero-order valence-electron chi connectivity index (χ0n) is 8.46. The van der Waals surface area contributed by atoms with Gasteiger partial charge in [0.05, 0.1) is 10.5 Å². The summed E-state index contributed by atoms with van der Waals surface area (Å²) >= 11 is 2.95. The quantitative estimate of drug-likeness (QED) is 0.635. The van der Waals surface area contributed by atoms with Crippen molar-refractivity contribution in [2.75, 3.05) is 11.9 Å². The summed E-state index contributed by atoms with van der Waals surface area (Å²) in [6.45, 7) is -0.251. The average Bonchev–Trinajstić information content (AvgIpc) is 2.30. The highest BCUT2D eigenvalue weighted by molar-refractivity contribution is 9.10. The molecule has 17 heavy (non-hydrogen) atoms. The Bertz CT molecular complexity index is 499. The molecule has 0 aliphatic rings. The van der Waals surface area contributed by atoms with Crippen LogP contribution in [0, 0.1) is 17.1 Å². The Kier molecular flexibility index (Phi) is 4.60. The van der Waals surface area contributed by atoms with Gasteiger partial charge in [-0.15, -0.1) is 0 Å². The number of halogens is 2. The fourth-order valence-corrected chi connectivity index (χ4v) is 1.34. The Hall–Kier alpha value is -1.94. The van der Waals surface area contributed by atoms with Crippen LogP contribution in [-0.4, -0.2) is 18.4 Å². The van der Waals surface area contributed by atoms with E-state index in [0.717, 1.165) is 6.07 Å². The topological polar surface area (TPSA) is 82.0 Å². The number of nitrogens with zero attached hydrogens (tertiary/aromatic N) is 1. The maximum absolute atomic E-state index is 12.9. The Morgan fingerprint density at radius 1 is 1.41 bits per heavy atom. The van der Waals surface area contributed by atoms with Crippen LogP contribution in [0.15, 0.2) is 22.7 Å². The van der Waals surface area contributed by atoms with Gasteiger partial charge < -0.3 is 10.6 Å². The van der Waals surface area contributed by atoms with Gasteiger partial charge >= 0.3 is 11.8 Å². The molecule has 0 atom stereocenters. The van der Waals surface area contributed by atoms with Gasteiger partial charge in [0, 0.05) is 5.69 Å². The van der Waals surface area contributed by atoms with Crippen molar-refractivity contribution in [1.82, 2.24) is 5.32 Å². The van der Waals surface area contributed by atoms with E-state index in [4.69, 9.17) is 5.26 Å². The summed E-state index contributed by atoms with van der Waals surface area (Å²) in [5.74, 6) is -2.32. The molecule has 5 nitrogen and oxygen atoms in total. The number of nitriles is 1. The van der Waals surface area contributed by atoms with E-state index in [0.29, 0.717) is 0 Å². The number of hydrogen-bond donors (Lipinski definition) is 2. The van der Waals surface area contributed by atoms with Crippen molar-refractivity contribution in [2.24, 2.45) is 0 Å². The fourth-order valence-electron chi connectivity index (χ4n) is 0.962. The smallest absolute Gasteiger partial charge is 0.313 e. The number of carbonyl (C=O) groups excluding carboxylic acids is 2. The van der Waals surface area contributed by atoms with Gasteiger partial charge in [-0.1, -0.05) is 0 Å². The van der Waals surface area contributed by atoms with Gasteiger partial charge in [-0.05, 0) is 34.1 Å². The van der Waals surface area contributed by atoms with E-state index in [1.165, 1.54) is 12.1 Å². The van der Waals surface area contributed by atoms with Crippen LogP contribution in [0.2, 0.25) is 0 Å². The summed E-state index contributed by atoms with van der Waals surface area (Å²) in [5.41, 5.74) is 0.274. The van der Waals surface area contributed by atoms with Crippen LogP contribution >= 0.6 is 15.9 Å². The van der Waals surface area contributed by atoms with Gasteiger partial charge in [0.2, 0.25) is 0 Å². The number of benzene rings is 1. The minimum Gasteiger partial charge on any atom is -0.335 e. The fraction of sp³-hybridized carbons (Fsp3) is 0.100. The predicted octanol–water partition coefficient (Wildman–Crippen LogP) is 1.17. The van der Waals surface area contributed by atoms with E-state index < -0.39 is 17.6 Å². The molecule has 0 unspecified atom stereocenters. The molecule has 1 aromatic carbocycles. The molecule has 0 spiro atoms. The van der Waals surface area contributed by atoms with Crippen LogP contribution in [0.4, 0.5) is 10.1 Å². The highest BCUT2D eigenvalue weighted by Crippen LogP contribution is 2.19. The van der Waals surface area contributed by atoms with Gasteiger partial charge in [-0.3, -0.25) is 9.59 Å². The monoisotopic (exact) mass is 299 g/mol. The number of hydrogen-bond acceptors (Lipinski definition) is 3. The molecule has 0 radical (unpaired) electrons. The molecular formula is C10H7BrFN3O2. The van der Waals surface area contributed by atoms with E-state index in [1.807, 2.05) is 0 Å². The summed E-state index contributed by atoms with van der Waals surface area (Å²) in [6.07, 6.45) is 0. The Morgan fingerprint density at radius 3 is 2.71 bits per heavy atom. The molecule has 0 aliphatic carbocycles. The van der Waals surface area contributed by atoms with Crippen LogP contribution < -0.4 is 10.6 Å². The van der Waals surface area contributed by atoms with Crippen molar-refractivity contribution in [1.29, 1.82) is 5.26 Å². The van der Waals surface area contributed by atoms with Crippen LogP contribution in [0.1, 0.15) is 0 Å². The van der Waals surface area contributed by atoms with Crippen molar-refractivity contribution in [2.45, 2.75) is 0 Å². The second-order valence-electron chi connectivity index (χ2n) is 2.92. The maximum Gasteiger partial charge on any atom is 0.313 e. The molecular weight excluding hydrogens is 293 g/mol. The molecule has 0 fully saturated rings. The first-order chi connectivity index (χ1) is 8.04. The van der Waals surface area contributed by atoms with E-state index in [-0.39, 0.29) is 16.7 Å². The van der Waals surface area contributed by atoms with Gasteiger partial charge in [0.15, 0.2) is 0 Å². The average molecular weight is 300 g/mol. The first-order valence-electron chi connectivity index (χ1n) is 4.45. The van der Waals surface area contributed by atoms with Crippen molar-refractivity contribution in [3.05, 3.63) is 28.5 Å². The Balaban J connectivity index is 2.65. The number of amides is 2. The largest absolute Gasteiger partial charge is 0.335 e. The standard InChI is InChI=1S/C10H7BrFN3O2/c11-7-5-6(1-2-8(7)12)15-10(17)9(16)14-4-3-13/h1-2,5H,4H2,(H,14,16)(H,15,17). The molecule has 0 aromatic heterocycles. The van der Waals surface area contributed by atoms with Crippen LogP contribution in [0.5, 0.6) is 0 Å². The summed E-state index contributed by atoms with van der Waals surface area (Å²) in [4.78, 5) is 22.4. The van der Waals surface area contributed by atoms with Crippen LogP contribution in [0.25, 0.3) is 0 Å². The minimum atomic E-state index is -0.924. The normalized spacial score (nSPS) is 9.24. The van der Waals surface area contributed by atoms with E-state index in [9.17, 15) is 14.0 Å². The number of carbonyl (C=O) groups is 2. The van der Waals surface area contributed by atoms with Crippen molar-refractivity contribution >= 4 is 33.4 Å². The van der Waals surface area contributed by atoms with Gasteiger partial charge in [0.25, 0.3) is 0 Å². The molecule has 0 saturated carbocycles. The van der Waals surface area contributed by atoms with Gasteiger partial charge in [-0.25, -0.2) is 4.39 Å². The lowest BCUT2D eigenvalue weighted by Gasteiger charge is -2.05. The molecule has 7 heteroatoms. The Morgan fingerprint density at radius 2 is 2.12 bits per heavy atom. The number of rotatable bonds is 2. The first kappa shape index (κ1) is 13.1. The molecule has 1 aromatic rings. The zero-order valence-corrected chi connectivity index (χ0v) is 10.0. The molecule has 1 rings (SSSR count). The molecule has 2 N–H and O–H groups in total. The van der Waals surface area contributed by atoms with Crippen LogP contribution in [-0.2, 0) is 9.59 Å². The molecule has 88 valence electrons. The third kappa shape index (κ3) is 3.85. The first-order valence-corrected chi connectivity index (χ1v) is 5.25. The van der Waals surface area contributed by atoms with Crippen molar-refractivity contribution in [3.8, 4) is 6.07 Å². The summed E-state index contributed by atoms with van der Waals surface area (Å²) < 4.78 is 13.1. The second kappa shape index (κ2) is 5.96. The van der Waals surface area contributed by atoms with E-state index >= 15 is 0 Å². The lowest BCUT2D eigenvalue weighted by atomic mass is 10.3.